The maximum absolute atomic E-state index is 5.45. The van der Waals surface area contributed by atoms with Crippen molar-refractivity contribution in [3.63, 3.8) is 0 Å². The van der Waals surface area contributed by atoms with Crippen molar-refractivity contribution in [2.24, 2.45) is 0 Å². The molecule has 0 amide bonds. The molecular formula is C23H22N6OS. The average molecular weight is 431 g/mol. The number of fused-ring (bicyclic) bond motifs is 2. The van der Waals surface area contributed by atoms with Crippen molar-refractivity contribution in [3.05, 3.63) is 77.2 Å². The van der Waals surface area contributed by atoms with Gasteiger partial charge in [-0.1, -0.05) is 18.2 Å². The number of anilines is 2. The minimum atomic E-state index is 0.622. The molecule has 0 aliphatic rings. The van der Waals surface area contributed by atoms with Crippen molar-refractivity contribution in [3.8, 4) is 0 Å². The zero-order valence-electron chi connectivity index (χ0n) is 17.1. The van der Waals surface area contributed by atoms with Gasteiger partial charge in [-0.2, -0.15) is 0 Å². The topological polar surface area (TPSA) is 83.7 Å². The first kappa shape index (κ1) is 19.3. The largest absolute Gasteiger partial charge is 0.467 e. The van der Waals surface area contributed by atoms with Gasteiger partial charge in [-0.15, -0.1) is 0 Å². The molecule has 3 N–H and O–H groups in total. The minimum absolute atomic E-state index is 0.622. The van der Waals surface area contributed by atoms with Crippen molar-refractivity contribution in [1.82, 2.24) is 19.5 Å². The van der Waals surface area contributed by atoms with E-state index in [9.17, 15) is 0 Å². The Hall–Kier alpha value is -3.65. The van der Waals surface area contributed by atoms with Crippen LogP contribution in [0.3, 0.4) is 0 Å². The van der Waals surface area contributed by atoms with Gasteiger partial charge >= 0.3 is 0 Å². The summed E-state index contributed by atoms with van der Waals surface area (Å²) in [4.78, 5) is 12.2. The SMILES string of the molecule is CCn1c(=S)[nH]c2cc3c(NCc4ccccc4NCc4ccco4)ncnc3cc21. The van der Waals surface area contributed by atoms with Gasteiger partial charge in [-0.25, -0.2) is 9.97 Å². The molecule has 8 heteroatoms. The number of hydrogen-bond donors (Lipinski definition) is 3. The third kappa shape index (κ3) is 3.77. The van der Waals surface area contributed by atoms with Crippen LogP contribution in [-0.4, -0.2) is 19.5 Å². The highest BCUT2D eigenvalue weighted by Gasteiger charge is 2.10. The molecule has 31 heavy (non-hydrogen) atoms. The number of benzene rings is 2. The lowest BCUT2D eigenvalue weighted by molar-refractivity contribution is 0.518. The van der Waals surface area contributed by atoms with Crippen molar-refractivity contribution in [2.45, 2.75) is 26.6 Å². The number of aromatic nitrogens is 4. The second kappa shape index (κ2) is 8.23. The van der Waals surface area contributed by atoms with Crippen molar-refractivity contribution >= 4 is 45.7 Å². The second-order valence-corrected chi connectivity index (χ2v) is 7.61. The van der Waals surface area contributed by atoms with E-state index in [2.05, 4.69) is 61.3 Å². The summed E-state index contributed by atoms with van der Waals surface area (Å²) in [6.07, 6.45) is 3.28. The monoisotopic (exact) mass is 430 g/mol. The van der Waals surface area contributed by atoms with Crippen LogP contribution in [0.5, 0.6) is 0 Å². The van der Waals surface area contributed by atoms with Gasteiger partial charge in [0.15, 0.2) is 4.77 Å². The van der Waals surface area contributed by atoms with E-state index in [1.165, 1.54) is 0 Å². The van der Waals surface area contributed by atoms with Gasteiger partial charge in [0, 0.05) is 24.2 Å². The molecule has 0 saturated heterocycles. The van der Waals surface area contributed by atoms with Gasteiger partial charge in [0.1, 0.15) is 17.9 Å². The zero-order valence-corrected chi connectivity index (χ0v) is 17.9. The number of para-hydroxylation sites is 1. The molecule has 0 unspecified atom stereocenters. The summed E-state index contributed by atoms with van der Waals surface area (Å²) in [6.45, 7) is 4.14. The van der Waals surface area contributed by atoms with Crippen LogP contribution in [0, 0.1) is 4.77 Å². The van der Waals surface area contributed by atoms with Crippen LogP contribution < -0.4 is 10.6 Å². The van der Waals surface area contributed by atoms with Crippen molar-refractivity contribution in [2.75, 3.05) is 10.6 Å². The third-order valence-corrected chi connectivity index (χ3v) is 5.67. The molecule has 0 aliphatic heterocycles. The lowest BCUT2D eigenvalue weighted by Gasteiger charge is -2.13. The normalized spacial score (nSPS) is 11.3. The highest BCUT2D eigenvalue weighted by molar-refractivity contribution is 7.71. The molecule has 0 radical (unpaired) electrons. The first-order valence-corrected chi connectivity index (χ1v) is 10.6. The molecule has 0 fully saturated rings. The highest BCUT2D eigenvalue weighted by Crippen LogP contribution is 2.26. The predicted octanol–water partition coefficient (Wildman–Crippen LogP) is 5.48. The Labute approximate surface area is 184 Å². The van der Waals surface area contributed by atoms with Gasteiger partial charge in [0.25, 0.3) is 0 Å². The lowest BCUT2D eigenvalue weighted by atomic mass is 10.1. The number of imidazole rings is 1. The fourth-order valence-corrected chi connectivity index (χ4v) is 4.12. The standard InChI is InChI=1S/C23H22N6OS/c1-2-29-21-11-19-17(10-20(21)28-23(29)31)22(27-14-26-19)25-12-15-6-3-4-8-18(15)24-13-16-7-5-9-30-16/h3-11,14,24H,2,12-13H2,1H3,(H,28,31)(H,25,26,27). The Bertz CT molecular complexity index is 1400. The van der Waals surface area contributed by atoms with E-state index < -0.39 is 0 Å². The molecule has 0 aliphatic carbocycles. The number of nitrogens with zero attached hydrogens (tertiary/aromatic N) is 3. The van der Waals surface area contributed by atoms with Gasteiger partial charge < -0.3 is 24.6 Å². The molecule has 0 atom stereocenters. The molecule has 2 aromatic carbocycles. The number of furan rings is 1. The first-order valence-electron chi connectivity index (χ1n) is 10.2. The van der Waals surface area contributed by atoms with Gasteiger partial charge in [-0.3, -0.25) is 0 Å². The fraction of sp³-hybridized carbons (Fsp3) is 0.174. The molecule has 5 rings (SSSR count). The second-order valence-electron chi connectivity index (χ2n) is 7.23. The van der Waals surface area contributed by atoms with E-state index in [0.717, 1.165) is 51.3 Å². The van der Waals surface area contributed by atoms with Crippen LogP contribution in [0.15, 0.2) is 65.5 Å². The summed E-state index contributed by atoms with van der Waals surface area (Å²) in [6, 6.07) is 16.2. The number of rotatable bonds is 7. The van der Waals surface area contributed by atoms with E-state index in [4.69, 9.17) is 16.6 Å². The lowest BCUT2D eigenvalue weighted by Crippen LogP contribution is -2.07. The summed E-state index contributed by atoms with van der Waals surface area (Å²) in [7, 11) is 0. The molecule has 7 nitrogen and oxygen atoms in total. The van der Waals surface area contributed by atoms with E-state index in [0.29, 0.717) is 17.9 Å². The molecule has 156 valence electrons. The Morgan fingerprint density at radius 3 is 2.81 bits per heavy atom. The summed E-state index contributed by atoms with van der Waals surface area (Å²) < 4.78 is 8.20. The molecule has 0 saturated carbocycles. The van der Waals surface area contributed by atoms with Crippen molar-refractivity contribution < 1.29 is 4.42 Å². The molecule has 3 heterocycles. The van der Waals surface area contributed by atoms with Gasteiger partial charge in [0.2, 0.25) is 0 Å². The maximum atomic E-state index is 5.45. The first-order chi connectivity index (χ1) is 15.2. The van der Waals surface area contributed by atoms with Crippen molar-refractivity contribution in [1.29, 1.82) is 0 Å². The quantitative estimate of drug-likeness (QED) is 0.297. The summed E-state index contributed by atoms with van der Waals surface area (Å²) in [5.41, 5.74) is 5.11. The van der Waals surface area contributed by atoms with E-state index in [1.807, 2.05) is 24.3 Å². The van der Waals surface area contributed by atoms with Crippen LogP contribution >= 0.6 is 12.2 Å². The molecular weight excluding hydrogens is 408 g/mol. The van der Waals surface area contributed by atoms with Crippen LogP contribution in [0.4, 0.5) is 11.5 Å². The Morgan fingerprint density at radius 1 is 1.06 bits per heavy atom. The summed E-state index contributed by atoms with van der Waals surface area (Å²) >= 11 is 5.45. The maximum Gasteiger partial charge on any atom is 0.178 e. The zero-order chi connectivity index (χ0) is 21.2. The number of nitrogens with one attached hydrogen (secondary N) is 3. The number of hydrogen-bond acceptors (Lipinski definition) is 6. The van der Waals surface area contributed by atoms with Gasteiger partial charge in [0.05, 0.1) is 29.4 Å². The van der Waals surface area contributed by atoms with Crippen LogP contribution in [0.25, 0.3) is 21.9 Å². The Balaban J connectivity index is 1.42. The fourth-order valence-electron chi connectivity index (χ4n) is 3.78. The summed E-state index contributed by atoms with van der Waals surface area (Å²) in [5, 5.41) is 7.87. The molecule has 0 spiro atoms. The van der Waals surface area contributed by atoms with E-state index in [1.54, 1.807) is 12.6 Å². The summed E-state index contributed by atoms with van der Waals surface area (Å²) in [5.74, 6) is 1.68. The van der Waals surface area contributed by atoms with Gasteiger partial charge in [-0.05, 0) is 55.0 Å². The Morgan fingerprint density at radius 2 is 1.97 bits per heavy atom. The Kier molecular flexibility index (Phi) is 5.13. The molecule has 3 aromatic heterocycles. The highest BCUT2D eigenvalue weighted by atomic mass is 32.1. The van der Waals surface area contributed by atoms with Crippen LogP contribution in [0.2, 0.25) is 0 Å². The number of H-pyrrole nitrogens is 1. The van der Waals surface area contributed by atoms with E-state index in [-0.39, 0.29) is 0 Å². The average Bonchev–Trinajstić information content (AvgIpc) is 3.41. The number of aryl methyl sites for hydroxylation is 1. The molecule has 0 bridgehead atoms. The van der Waals surface area contributed by atoms with Crippen LogP contribution in [0.1, 0.15) is 18.2 Å². The predicted molar refractivity (Wildman–Crippen MR) is 126 cm³/mol. The van der Waals surface area contributed by atoms with Crippen LogP contribution in [-0.2, 0) is 19.6 Å². The minimum Gasteiger partial charge on any atom is -0.467 e. The smallest absolute Gasteiger partial charge is 0.178 e. The van der Waals surface area contributed by atoms with E-state index >= 15 is 0 Å². The molecule has 5 aromatic rings. The number of aromatic amines is 1. The third-order valence-electron chi connectivity index (χ3n) is 5.34.